The molecule has 0 aliphatic heterocycles. The fourth-order valence-electron chi connectivity index (χ4n) is 4.30. The molecule has 2 aromatic heterocycles. The number of anilines is 2. The van der Waals surface area contributed by atoms with E-state index < -0.39 is 0 Å². The van der Waals surface area contributed by atoms with Crippen LogP contribution in [0.15, 0.2) is 144 Å². The largest absolute Gasteiger partial charge is 0.269 e. The first-order valence-corrected chi connectivity index (χ1v) is 13.3. The van der Waals surface area contributed by atoms with E-state index in [1.54, 1.807) is 0 Å². The summed E-state index contributed by atoms with van der Waals surface area (Å²) in [6.45, 7) is 1.62. The van der Waals surface area contributed by atoms with Crippen molar-refractivity contribution in [2.24, 2.45) is 10.2 Å². The van der Waals surface area contributed by atoms with Crippen molar-refractivity contribution in [2.45, 2.75) is 13.1 Å². The average molecular weight is 527 g/mol. The molecule has 0 saturated heterocycles. The summed E-state index contributed by atoms with van der Waals surface area (Å²) >= 11 is 0. The van der Waals surface area contributed by atoms with Gasteiger partial charge in [0.25, 0.3) is 0 Å². The summed E-state index contributed by atoms with van der Waals surface area (Å²) in [6.07, 6.45) is 12.2. The van der Waals surface area contributed by atoms with Crippen molar-refractivity contribution in [3.05, 3.63) is 156 Å². The van der Waals surface area contributed by atoms with Gasteiger partial charge in [0, 0.05) is 60.6 Å². The number of nitrogens with zero attached hydrogens (tertiary/aromatic N) is 6. The average Bonchev–Trinajstić information content (AvgIpc) is 3.01. The lowest BCUT2D eigenvalue weighted by atomic mass is 10.1. The number of aromatic nitrogens is 2. The molecule has 0 N–H and O–H groups in total. The van der Waals surface area contributed by atoms with Gasteiger partial charge < -0.3 is 0 Å². The van der Waals surface area contributed by atoms with Gasteiger partial charge in [0.1, 0.15) is 0 Å². The predicted molar refractivity (Wildman–Crippen MR) is 163 cm³/mol. The molecule has 0 atom stereocenters. The van der Waals surface area contributed by atoms with Crippen molar-refractivity contribution >= 4 is 23.8 Å². The van der Waals surface area contributed by atoms with Crippen LogP contribution in [0.1, 0.15) is 22.3 Å². The summed E-state index contributed by atoms with van der Waals surface area (Å²) in [6, 6.07) is 37.3. The van der Waals surface area contributed by atoms with Gasteiger partial charge in [-0.05, 0) is 30.3 Å². The molecule has 2 heterocycles. The fourth-order valence-corrected chi connectivity index (χ4v) is 4.30. The van der Waals surface area contributed by atoms with E-state index in [4.69, 9.17) is 0 Å². The number of hydrogen-bond donors (Lipinski definition) is 0. The van der Waals surface area contributed by atoms with Crippen LogP contribution in [0.4, 0.5) is 11.4 Å². The van der Waals surface area contributed by atoms with Crippen LogP contribution in [0.3, 0.4) is 0 Å². The van der Waals surface area contributed by atoms with Gasteiger partial charge in [0.2, 0.25) is 0 Å². The van der Waals surface area contributed by atoms with Gasteiger partial charge >= 0.3 is 0 Å². The Bertz CT molecular complexity index is 1430. The maximum atomic E-state index is 4.55. The monoisotopic (exact) mass is 526 g/mol. The standard InChI is InChI=1S/C34H34N6/c1-37(33-12-5-3-6-13-33)35-25-29-16-20-39(21-17-29)27-31-10-9-11-32(24-31)28-40-22-18-30(19-23-40)26-36-38(2)34-14-7-4-8-15-34/h3-26H,27-28H2,1-2H3/q+2. The minimum atomic E-state index is 0.810. The molecule has 40 heavy (non-hydrogen) atoms. The predicted octanol–water partition coefficient (Wildman–Crippen LogP) is 5.30. The molecule has 0 bridgehead atoms. The third-order valence-corrected chi connectivity index (χ3v) is 6.58. The van der Waals surface area contributed by atoms with Crippen LogP contribution in [-0.4, -0.2) is 26.5 Å². The van der Waals surface area contributed by atoms with Crippen molar-refractivity contribution < 1.29 is 9.13 Å². The second kappa shape index (κ2) is 13.1. The molecule has 6 heteroatoms. The second-order valence-electron chi connectivity index (χ2n) is 9.64. The molecular formula is C34H34N6+2. The van der Waals surface area contributed by atoms with Crippen molar-refractivity contribution in [3.63, 3.8) is 0 Å². The van der Waals surface area contributed by atoms with E-state index in [-0.39, 0.29) is 0 Å². The molecular weight excluding hydrogens is 492 g/mol. The lowest BCUT2D eigenvalue weighted by Crippen LogP contribution is -2.34. The van der Waals surface area contributed by atoms with Crippen LogP contribution in [-0.2, 0) is 13.1 Å². The highest BCUT2D eigenvalue weighted by Gasteiger charge is 2.08. The normalized spacial score (nSPS) is 11.2. The van der Waals surface area contributed by atoms with Gasteiger partial charge in [0.15, 0.2) is 37.9 Å². The Morgan fingerprint density at radius 2 is 0.925 bits per heavy atom. The number of benzene rings is 3. The van der Waals surface area contributed by atoms with E-state index in [2.05, 4.69) is 92.7 Å². The first-order valence-electron chi connectivity index (χ1n) is 13.3. The van der Waals surface area contributed by atoms with E-state index in [1.165, 1.54) is 11.1 Å². The molecule has 0 amide bonds. The van der Waals surface area contributed by atoms with Gasteiger partial charge in [-0.25, -0.2) is 9.13 Å². The van der Waals surface area contributed by atoms with Crippen LogP contribution >= 0.6 is 0 Å². The third-order valence-electron chi connectivity index (χ3n) is 6.58. The Labute approximate surface area is 236 Å². The number of hydrazone groups is 2. The molecule has 0 aliphatic carbocycles. The topological polar surface area (TPSA) is 39.0 Å². The van der Waals surface area contributed by atoms with E-state index in [0.717, 1.165) is 35.6 Å². The molecule has 6 nitrogen and oxygen atoms in total. The Kier molecular flexibility index (Phi) is 8.69. The molecule has 5 aromatic rings. The van der Waals surface area contributed by atoms with Gasteiger partial charge in [-0.1, -0.05) is 54.6 Å². The Morgan fingerprint density at radius 3 is 1.32 bits per heavy atom. The lowest BCUT2D eigenvalue weighted by molar-refractivity contribution is -0.689. The number of rotatable bonds is 10. The number of hydrogen-bond acceptors (Lipinski definition) is 4. The molecule has 5 rings (SSSR count). The van der Waals surface area contributed by atoms with Crippen molar-refractivity contribution in [2.75, 3.05) is 24.1 Å². The highest BCUT2D eigenvalue weighted by atomic mass is 15.4. The third kappa shape index (κ3) is 7.48. The van der Waals surface area contributed by atoms with E-state index >= 15 is 0 Å². The molecule has 0 radical (unpaired) electrons. The summed E-state index contributed by atoms with van der Waals surface area (Å²) in [5.41, 5.74) is 6.76. The van der Waals surface area contributed by atoms with Gasteiger partial charge in [0.05, 0.1) is 23.8 Å². The van der Waals surface area contributed by atoms with E-state index in [1.807, 2.05) is 97.2 Å². The van der Waals surface area contributed by atoms with Crippen LogP contribution in [0.2, 0.25) is 0 Å². The van der Waals surface area contributed by atoms with Crippen molar-refractivity contribution in [1.82, 2.24) is 0 Å². The maximum absolute atomic E-state index is 4.55. The molecule has 0 unspecified atom stereocenters. The fraction of sp³-hybridized carbons (Fsp3) is 0.118. The summed E-state index contributed by atoms with van der Waals surface area (Å²) < 4.78 is 4.37. The number of pyridine rings is 2. The van der Waals surface area contributed by atoms with Crippen LogP contribution in [0.5, 0.6) is 0 Å². The Morgan fingerprint density at radius 1 is 0.525 bits per heavy atom. The SMILES string of the molecule is CN(/N=C/c1cc[n+](Cc2cccc(C[n+]3ccc(/C=N/N(C)c4ccccc4)cc3)c2)cc1)c1ccccc1. The minimum Gasteiger partial charge on any atom is -0.269 e. The molecule has 0 saturated carbocycles. The zero-order valence-electron chi connectivity index (χ0n) is 23.0. The smallest absolute Gasteiger partial charge is 0.173 e. The summed E-state index contributed by atoms with van der Waals surface area (Å²) in [4.78, 5) is 0. The molecule has 0 spiro atoms. The van der Waals surface area contributed by atoms with Crippen LogP contribution in [0, 0.1) is 0 Å². The highest BCUT2D eigenvalue weighted by molar-refractivity contribution is 5.80. The van der Waals surface area contributed by atoms with E-state index in [0.29, 0.717) is 0 Å². The summed E-state index contributed by atoms with van der Waals surface area (Å²) in [5, 5.41) is 12.8. The van der Waals surface area contributed by atoms with Gasteiger partial charge in [-0.3, -0.25) is 10.0 Å². The van der Waals surface area contributed by atoms with Gasteiger partial charge in [-0.2, -0.15) is 10.2 Å². The summed E-state index contributed by atoms with van der Waals surface area (Å²) in [5.74, 6) is 0. The highest BCUT2D eigenvalue weighted by Crippen LogP contribution is 2.12. The molecule has 198 valence electrons. The zero-order chi connectivity index (χ0) is 27.6. The quantitative estimate of drug-likeness (QED) is 0.141. The second-order valence-corrected chi connectivity index (χ2v) is 9.64. The zero-order valence-corrected chi connectivity index (χ0v) is 23.0. The first kappa shape index (κ1) is 26.5. The minimum absolute atomic E-state index is 0.810. The van der Waals surface area contributed by atoms with Crippen molar-refractivity contribution in [1.29, 1.82) is 0 Å². The lowest BCUT2D eigenvalue weighted by Gasteiger charge is -2.11. The Hall–Kier alpha value is -5.10. The summed E-state index contributed by atoms with van der Waals surface area (Å²) in [7, 11) is 3.91. The first-order chi connectivity index (χ1) is 19.6. The Balaban J connectivity index is 1.16. The number of para-hydroxylation sites is 2. The maximum Gasteiger partial charge on any atom is 0.173 e. The van der Waals surface area contributed by atoms with Crippen LogP contribution in [0.25, 0.3) is 0 Å². The van der Waals surface area contributed by atoms with Crippen LogP contribution < -0.4 is 19.2 Å². The molecule has 3 aromatic carbocycles. The van der Waals surface area contributed by atoms with E-state index in [9.17, 15) is 0 Å². The van der Waals surface area contributed by atoms with Gasteiger partial charge in [-0.15, -0.1) is 0 Å². The van der Waals surface area contributed by atoms with Crippen molar-refractivity contribution in [3.8, 4) is 0 Å². The molecule has 0 fully saturated rings. The molecule has 0 aliphatic rings.